The topological polar surface area (TPSA) is 12.9 Å². The second-order valence-electron chi connectivity index (χ2n) is 5.70. The predicted octanol–water partition coefficient (Wildman–Crippen LogP) is 3.69. The van der Waals surface area contributed by atoms with Crippen LogP contribution >= 0.6 is 0 Å². The normalized spacial score (nSPS) is 22.9. The first-order valence-corrected chi connectivity index (χ1v) is 5.81. The van der Waals surface area contributed by atoms with Crippen molar-refractivity contribution in [2.75, 3.05) is 0 Å². The minimum Gasteiger partial charge on any atom is -0.257 e. The quantitative estimate of drug-likeness (QED) is 0.626. The zero-order valence-corrected chi connectivity index (χ0v) is 10.7. The molecule has 0 aromatic carbocycles. The number of fused-ring (bicyclic) bond motifs is 1. The summed E-state index contributed by atoms with van der Waals surface area (Å²) in [5, 5.41) is 0. The minimum atomic E-state index is 0.375. The van der Waals surface area contributed by atoms with Gasteiger partial charge in [0.15, 0.2) is 0 Å². The lowest BCUT2D eigenvalue weighted by atomic mass is 9.82. The van der Waals surface area contributed by atoms with Gasteiger partial charge in [-0.3, -0.25) is 4.98 Å². The molecule has 15 heavy (non-hydrogen) atoms. The Balaban J connectivity index is 2.66. The third kappa shape index (κ3) is 1.40. The van der Waals surface area contributed by atoms with Gasteiger partial charge in [0.05, 0.1) is 0 Å². The lowest BCUT2D eigenvalue weighted by Gasteiger charge is -2.22. The summed E-state index contributed by atoms with van der Waals surface area (Å²) in [7, 11) is 0. The number of hydrogen-bond donors (Lipinski definition) is 0. The Morgan fingerprint density at radius 2 is 1.73 bits per heavy atom. The summed E-state index contributed by atoms with van der Waals surface area (Å²) in [6.07, 6.45) is 1.18. The maximum Gasteiger partial charge on any atom is 0.0475 e. The van der Waals surface area contributed by atoms with Gasteiger partial charge in [-0.2, -0.15) is 0 Å². The molecule has 1 aromatic heterocycles. The van der Waals surface area contributed by atoms with Crippen molar-refractivity contribution in [3.05, 3.63) is 28.1 Å². The summed E-state index contributed by atoms with van der Waals surface area (Å²) in [5.74, 6) is 0.588. The number of nitrogens with zero attached hydrogens (tertiary/aromatic N) is 1. The van der Waals surface area contributed by atoms with Crippen molar-refractivity contribution in [1.29, 1.82) is 0 Å². The molecule has 0 saturated carbocycles. The van der Waals surface area contributed by atoms with Crippen LogP contribution in [0.3, 0.4) is 0 Å². The van der Waals surface area contributed by atoms with Gasteiger partial charge in [0.1, 0.15) is 0 Å². The van der Waals surface area contributed by atoms with Crippen LogP contribution in [0.4, 0.5) is 0 Å². The average molecular weight is 203 g/mol. The van der Waals surface area contributed by atoms with E-state index in [1.54, 1.807) is 0 Å². The lowest BCUT2D eigenvalue weighted by molar-refractivity contribution is 0.327. The minimum absolute atomic E-state index is 0.375. The van der Waals surface area contributed by atoms with Gasteiger partial charge >= 0.3 is 0 Å². The molecular weight excluding hydrogens is 182 g/mol. The Hall–Kier alpha value is -0.850. The van der Waals surface area contributed by atoms with Gasteiger partial charge in [0.2, 0.25) is 0 Å². The van der Waals surface area contributed by atoms with Crippen LogP contribution in [0.1, 0.15) is 54.8 Å². The highest BCUT2D eigenvalue weighted by Gasteiger charge is 2.38. The van der Waals surface area contributed by atoms with Crippen LogP contribution in [0.15, 0.2) is 0 Å². The van der Waals surface area contributed by atoms with E-state index in [1.807, 2.05) is 0 Å². The molecule has 82 valence electrons. The Morgan fingerprint density at radius 1 is 1.13 bits per heavy atom. The number of pyridine rings is 1. The van der Waals surface area contributed by atoms with Gasteiger partial charge in [-0.25, -0.2) is 0 Å². The van der Waals surface area contributed by atoms with E-state index >= 15 is 0 Å². The highest BCUT2D eigenvalue weighted by Crippen LogP contribution is 2.47. The van der Waals surface area contributed by atoms with Crippen LogP contribution in [0, 0.1) is 26.2 Å². The van der Waals surface area contributed by atoms with E-state index in [0.717, 1.165) is 0 Å². The molecule has 0 radical (unpaired) electrons. The molecule has 1 unspecified atom stereocenters. The largest absolute Gasteiger partial charge is 0.257 e. The number of hydrogen-bond acceptors (Lipinski definition) is 1. The van der Waals surface area contributed by atoms with Crippen LogP contribution < -0.4 is 0 Å². The summed E-state index contributed by atoms with van der Waals surface area (Å²) >= 11 is 0. The fourth-order valence-corrected chi connectivity index (χ4v) is 2.58. The van der Waals surface area contributed by atoms with Crippen molar-refractivity contribution in [1.82, 2.24) is 4.98 Å². The van der Waals surface area contributed by atoms with Gasteiger partial charge in [0.25, 0.3) is 0 Å². The highest BCUT2D eigenvalue weighted by molar-refractivity contribution is 5.44. The summed E-state index contributed by atoms with van der Waals surface area (Å²) in [6, 6.07) is 0. The van der Waals surface area contributed by atoms with Crippen molar-refractivity contribution in [2.45, 2.75) is 53.9 Å². The molecule has 0 saturated heterocycles. The molecule has 1 heteroatoms. The van der Waals surface area contributed by atoms with E-state index in [2.05, 4.69) is 41.5 Å². The van der Waals surface area contributed by atoms with Gasteiger partial charge < -0.3 is 0 Å². The Bertz CT molecular complexity index is 416. The Labute approximate surface area is 92.9 Å². The maximum atomic E-state index is 4.79. The number of aromatic nitrogens is 1. The SMILES string of the molecule is Cc1nc2c(c(C)c1C)CC(C)(C)C2C. The molecule has 0 N–H and O–H groups in total. The van der Waals surface area contributed by atoms with Crippen molar-refractivity contribution in [2.24, 2.45) is 5.41 Å². The third-order valence-electron chi connectivity index (χ3n) is 4.37. The van der Waals surface area contributed by atoms with Crippen molar-refractivity contribution in [3.63, 3.8) is 0 Å². The molecule has 1 aromatic rings. The molecule has 1 heterocycles. The van der Waals surface area contributed by atoms with E-state index in [-0.39, 0.29) is 0 Å². The average Bonchev–Trinajstić information content (AvgIpc) is 2.38. The Kier molecular flexibility index (Phi) is 2.18. The molecule has 0 amide bonds. The number of rotatable bonds is 0. The first-order chi connectivity index (χ1) is 6.84. The van der Waals surface area contributed by atoms with Crippen molar-refractivity contribution < 1.29 is 0 Å². The molecule has 1 nitrogen and oxygen atoms in total. The smallest absolute Gasteiger partial charge is 0.0475 e. The summed E-state index contributed by atoms with van der Waals surface area (Å²) in [4.78, 5) is 4.79. The van der Waals surface area contributed by atoms with Gasteiger partial charge in [-0.05, 0) is 49.3 Å². The summed E-state index contributed by atoms with van der Waals surface area (Å²) < 4.78 is 0. The molecule has 2 rings (SSSR count). The molecule has 1 atom stereocenters. The first kappa shape index (κ1) is 10.7. The molecule has 1 aliphatic carbocycles. The van der Waals surface area contributed by atoms with E-state index < -0.39 is 0 Å². The fraction of sp³-hybridized carbons (Fsp3) is 0.643. The van der Waals surface area contributed by atoms with E-state index in [9.17, 15) is 0 Å². The lowest BCUT2D eigenvalue weighted by Crippen LogP contribution is -2.15. The maximum absolute atomic E-state index is 4.79. The van der Waals surface area contributed by atoms with Gasteiger partial charge in [-0.15, -0.1) is 0 Å². The van der Waals surface area contributed by atoms with E-state index in [4.69, 9.17) is 4.98 Å². The summed E-state index contributed by atoms with van der Waals surface area (Å²) in [5.41, 5.74) is 7.28. The molecule has 0 spiro atoms. The second-order valence-corrected chi connectivity index (χ2v) is 5.70. The molecule has 0 bridgehead atoms. The highest BCUT2D eigenvalue weighted by atomic mass is 14.8. The standard InChI is InChI=1S/C14H21N/c1-8-9(2)12-7-14(5,6)10(3)13(12)15-11(8)4/h10H,7H2,1-6H3. The first-order valence-electron chi connectivity index (χ1n) is 5.81. The summed E-state index contributed by atoms with van der Waals surface area (Å²) in [6.45, 7) is 13.6. The third-order valence-corrected chi connectivity index (χ3v) is 4.37. The molecule has 0 fully saturated rings. The number of aryl methyl sites for hydroxylation is 1. The second kappa shape index (κ2) is 3.07. The monoisotopic (exact) mass is 203 g/mol. The van der Waals surface area contributed by atoms with E-state index in [0.29, 0.717) is 11.3 Å². The fourth-order valence-electron chi connectivity index (χ4n) is 2.58. The van der Waals surface area contributed by atoms with Crippen molar-refractivity contribution in [3.8, 4) is 0 Å². The zero-order chi connectivity index (χ0) is 11.4. The Morgan fingerprint density at radius 3 is 2.33 bits per heavy atom. The predicted molar refractivity (Wildman–Crippen MR) is 64.3 cm³/mol. The van der Waals surface area contributed by atoms with Crippen LogP contribution in [-0.2, 0) is 6.42 Å². The van der Waals surface area contributed by atoms with Gasteiger partial charge in [0, 0.05) is 17.3 Å². The van der Waals surface area contributed by atoms with E-state index in [1.165, 1.54) is 34.5 Å². The van der Waals surface area contributed by atoms with Crippen LogP contribution in [0.25, 0.3) is 0 Å². The zero-order valence-electron chi connectivity index (χ0n) is 10.7. The molecule has 0 aliphatic heterocycles. The van der Waals surface area contributed by atoms with Crippen LogP contribution in [0.2, 0.25) is 0 Å². The van der Waals surface area contributed by atoms with Crippen molar-refractivity contribution >= 4 is 0 Å². The van der Waals surface area contributed by atoms with Crippen LogP contribution in [-0.4, -0.2) is 4.98 Å². The molecule has 1 aliphatic rings. The molecular formula is C14H21N. The van der Waals surface area contributed by atoms with Gasteiger partial charge in [-0.1, -0.05) is 20.8 Å². The van der Waals surface area contributed by atoms with Crippen LogP contribution in [0.5, 0.6) is 0 Å².